The summed E-state index contributed by atoms with van der Waals surface area (Å²) < 4.78 is 7.70. The highest BCUT2D eigenvalue weighted by Gasteiger charge is 2.15. The van der Waals surface area contributed by atoms with Gasteiger partial charge in [-0.05, 0) is 44.5 Å². The number of rotatable bonds is 4. The van der Waals surface area contributed by atoms with Crippen molar-refractivity contribution in [1.82, 2.24) is 4.57 Å². The number of ether oxygens (including phenoxy) is 1. The van der Waals surface area contributed by atoms with Crippen molar-refractivity contribution in [2.75, 3.05) is 0 Å². The van der Waals surface area contributed by atoms with E-state index in [-0.39, 0.29) is 12.5 Å². The Hall–Kier alpha value is -1.97. The van der Waals surface area contributed by atoms with Gasteiger partial charge in [0, 0.05) is 23.6 Å². The second-order valence-corrected chi connectivity index (χ2v) is 5.04. The van der Waals surface area contributed by atoms with E-state index in [9.17, 15) is 4.79 Å². The van der Waals surface area contributed by atoms with Gasteiger partial charge in [-0.2, -0.15) is 0 Å². The van der Waals surface area contributed by atoms with Crippen molar-refractivity contribution >= 4 is 16.9 Å². The number of carboxylic acids is 1. The topological polar surface area (TPSA) is 51.5 Å². The number of hydrogen-bond acceptors (Lipinski definition) is 2. The highest BCUT2D eigenvalue weighted by Crippen LogP contribution is 2.29. The van der Waals surface area contributed by atoms with E-state index in [4.69, 9.17) is 9.84 Å². The zero-order valence-corrected chi connectivity index (χ0v) is 11.7. The zero-order chi connectivity index (χ0) is 14.2. The first-order chi connectivity index (χ1) is 8.90. The fourth-order valence-electron chi connectivity index (χ4n) is 2.35. The van der Waals surface area contributed by atoms with Crippen LogP contribution in [-0.2, 0) is 18.3 Å². The maximum absolute atomic E-state index is 11.0. The van der Waals surface area contributed by atoms with Crippen molar-refractivity contribution in [3.8, 4) is 5.75 Å². The Labute approximate surface area is 112 Å². The molecule has 0 aliphatic carbocycles. The molecule has 0 spiro atoms. The second-order valence-electron chi connectivity index (χ2n) is 5.04. The van der Waals surface area contributed by atoms with Crippen molar-refractivity contribution in [2.24, 2.45) is 7.05 Å². The number of aryl methyl sites for hydroxylation is 1. The molecule has 1 aromatic carbocycles. The Morgan fingerprint density at radius 3 is 2.68 bits per heavy atom. The SMILES string of the molecule is Cc1c(CC(=O)O)c2cc(OC(C)C)ccc2n1C. The first-order valence-electron chi connectivity index (χ1n) is 6.36. The van der Waals surface area contributed by atoms with Gasteiger partial charge in [0.25, 0.3) is 0 Å². The van der Waals surface area contributed by atoms with Crippen LogP contribution in [0.5, 0.6) is 5.75 Å². The molecular weight excluding hydrogens is 242 g/mol. The van der Waals surface area contributed by atoms with Crippen LogP contribution in [0.2, 0.25) is 0 Å². The van der Waals surface area contributed by atoms with Gasteiger partial charge in [-0.3, -0.25) is 4.79 Å². The third-order valence-corrected chi connectivity index (χ3v) is 3.29. The Morgan fingerprint density at radius 1 is 1.42 bits per heavy atom. The predicted molar refractivity (Wildman–Crippen MR) is 74.8 cm³/mol. The lowest BCUT2D eigenvalue weighted by molar-refractivity contribution is -0.136. The molecule has 1 aromatic heterocycles. The summed E-state index contributed by atoms with van der Waals surface area (Å²) in [4.78, 5) is 11.0. The minimum absolute atomic E-state index is 0.0360. The number of benzene rings is 1. The minimum atomic E-state index is -0.814. The number of fused-ring (bicyclic) bond motifs is 1. The van der Waals surface area contributed by atoms with E-state index in [0.29, 0.717) is 0 Å². The molecule has 102 valence electrons. The van der Waals surface area contributed by atoms with Gasteiger partial charge in [-0.1, -0.05) is 0 Å². The molecule has 4 heteroatoms. The van der Waals surface area contributed by atoms with Crippen molar-refractivity contribution < 1.29 is 14.6 Å². The maximum Gasteiger partial charge on any atom is 0.307 e. The molecule has 0 aliphatic heterocycles. The summed E-state index contributed by atoms with van der Waals surface area (Å²) in [6.45, 7) is 5.89. The first-order valence-corrected chi connectivity index (χ1v) is 6.36. The van der Waals surface area contributed by atoms with Crippen LogP contribution in [0, 0.1) is 6.92 Å². The quantitative estimate of drug-likeness (QED) is 0.920. The van der Waals surface area contributed by atoms with E-state index in [0.717, 1.165) is 27.9 Å². The molecule has 0 saturated carbocycles. The molecule has 2 rings (SSSR count). The summed E-state index contributed by atoms with van der Waals surface area (Å²) in [6, 6.07) is 5.83. The number of carbonyl (C=O) groups is 1. The molecule has 0 bridgehead atoms. The Bertz CT molecular complexity index is 626. The van der Waals surface area contributed by atoms with E-state index in [2.05, 4.69) is 0 Å². The Balaban J connectivity index is 2.58. The Kier molecular flexibility index (Phi) is 3.51. The van der Waals surface area contributed by atoms with Gasteiger partial charge in [-0.25, -0.2) is 0 Å². The van der Waals surface area contributed by atoms with E-state index in [1.165, 1.54) is 0 Å². The Morgan fingerprint density at radius 2 is 2.11 bits per heavy atom. The standard InChI is InChI=1S/C15H19NO3/c1-9(2)19-11-5-6-14-13(7-11)12(8-15(17)18)10(3)16(14)4/h5-7,9H,8H2,1-4H3,(H,17,18). The van der Waals surface area contributed by atoms with Gasteiger partial charge in [0.2, 0.25) is 0 Å². The lowest BCUT2D eigenvalue weighted by Crippen LogP contribution is -2.05. The fraction of sp³-hybridized carbons (Fsp3) is 0.400. The van der Waals surface area contributed by atoms with Crippen LogP contribution in [0.25, 0.3) is 10.9 Å². The number of aliphatic carboxylic acids is 1. The van der Waals surface area contributed by atoms with Gasteiger partial charge in [0.05, 0.1) is 12.5 Å². The largest absolute Gasteiger partial charge is 0.491 e. The van der Waals surface area contributed by atoms with Crippen molar-refractivity contribution in [3.63, 3.8) is 0 Å². The maximum atomic E-state index is 11.0. The smallest absolute Gasteiger partial charge is 0.307 e. The van der Waals surface area contributed by atoms with Crippen LogP contribution in [0.4, 0.5) is 0 Å². The molecule has 4 nitrogen and oxygen atoms in total. The van der Waals surface area contributed by atoms with Crippen LogP contribution in [0.15, 0.2) is 18.2 Å². The average Bonchev–Trinajstić information content (AvgIpc) is 2.53. The molecule has 0 atom stereocenters. The van der Waals surface area contributed by atoms with Crippen molar-refractivity contribution in [1.29, 1.82) is 0 Å². The molecule has 0 aliphatic rings. The van der Waals surface area contributed by atoms with E-state index >= 15 is 0 Å². The highest BCUT2D eigenvalue weighted by molar-refractivity contribution is 5.90. The number of aromatic nitrogens is 1. The number of carboxylic acid groups (broad SMARTS) is 1. The zero-order valence-electron chi connectivity index (χ0n) is 11.7. The summed E-state index contributed by atoms with van der Waals surface area (Å²) in [7, 11) is 1.95. The van der Waals surface area contributed by atoms with Crippen molar-refractivity contribution in [2.45, 2.75) is 33.3 Å². The van der Waals surface area contributed by atoms with E-state index in [1.54, 1.807) is 0 Å². The molecule has 0 amide bonds. The van der Waals surface area contributed by atoms with Gasteiger partial charge in [0.1, 0.15) is 5.75 Å². The first kappa shape index (κ1) is 13.5. The predicted octanol–water partition coefficient (Wildman–Crippen LogP) is 2.90. The van der Waals surface area contributed by atoms with Crippen LogP contribution >= 0.6 is 0 Å². The lowest BCUT2D eigenvalue weighted by atomic mass is 10.1. The third-order valence-electron chi connectivity index (χ3n) is 3.29. The monoisotopic (exact) mass is 261 g/mol. The summed E-state index contributed by atoms with van der Waals surface area (Å²) >= 11 is 0. The summed E-state index contributed by atoms with van der Waals surface area (Å²) in [5.41, 5.74) is 2.88. The lowest BCUT2D eigenvalue weighted by Gasteiger charge is -2.09. The van der Waals surface area contributed by atoms with E-state index in [1.807, 2.05) is 50.6 Å². The molecule has 19 heavy (non-hydrogen) atoms. The summed E-state index contributed by atoms with van der Waals surface area (Å²) in [5, 5.41) is 9.99. The molecule has 1 heterocycles. The van der Waals surface area contributed by atoms with Crippen LogP contribution < -0.4 is 4.74 Å². The van der Waals surface area contributed by atoms with Crippen LogP contribution in [0.1, 0.15) is 25.1 Å². The fourth-order valence-corrected chi connectivity index (χ4v) is 2.35. The summed E-state index contributed by atoms with van der Waals surface area (Å²) in [5.74, 6) is -0.0366. The molecule has 2 aromatic rings. The second kappa shape index (κ2) is 4.96. The summed E-state index contributed by atoms with van der Waals surface area (Å²) in [6.07, 6.45) is 0.138. The van der Waals surface area contributed by atoms with Crippen LogP contribution in [0.3, 0.4) is 0 Å². The van der Waals surface area contributed by atoms with Crippen molar-refractivity contribution in [3.05, 3.63) is 29.5 Å². The van der Waals surface area contributed by atoms with Gasteiger partial charge < -0.3 is 14.4 Å². The van der Waals surface area contributed by atoms with Crippen LogP contribution in [-0.4, -0.2) is 21.7 Å². The van der Waals surface area contributed by atoms with E-state index < -0.39 is 5.97 Å². The molecule has 0 unspecified atom stereocenters. The normalized spacial score (nSPS) is 11.2. The minimum Gasteiger partial charge on any atom is -0.491 e. The highest BCUT2D eigenvalue weighted by atomic mass is 16.5. The number of nitrogens with zero attached hydrogens (tertiary/aromatic N) is 1. The van der Waals surface area contributed by atoms with Gasteiger partial charge in [0.15, 0.2) is 0 Å². The molecule has 0 radical (unpaired) electrons. The molecular formula is C15H19NO3. The average molecular weight is 261 g/mol. The number of hydrogen-bond donors (Lipinski definition) is 1. The molecule has 0 saturated heterocycles. The molecule has 1 N–H and O–H groups in total. The van der Waals surface area contributed by atoms with Gasteiger partial charge in [-0.15, -0.1) is 0 Å². The van der Waals surface area contributed by atoms with Gasteiger partial charge >= 0.3 is 5.97 Å². The molecule has 0 fully saturated rings. The third kappa shape index (κ3) is 2.57.